The van der Waals surface area contributed by atoms with Crippen molar-refractivity contribution < 1.29 is 14.1 Å². The molecule has 0 fully saturated rings. The van der Waals surface area contributed by atoms with Crippen LogP contribution in [0.4, 0.5) is 4.79 Å². The number of hydrogen-bond donors (Lipinski definition) is 2. The van der Waals surface area contributed by atoms with Gasteiger partial charge >= 0.3 is 6.09 Å². The number of nitrogens with two attached hydrogens (primary N) is 1. The number of benzene rings is 1. The number of hydrogen-bond acceptors (Lipinski definition) is 6. The number of ether oxygens (including phenoxy) is 1. The number of carbonyl (C=O) groups is 1. The second-order valence-electron chi connectivity index (χ2n) is 6.89. The Morgan fingerprint density at radius 2 is 2.04 bits per heavy atom. The summed E-state index contributed by atoms with van der Waals surface area (Å²) in [4.78, 5) is 15.9. The summed E-state index contributed by atoms with van der Waals surface area (Å²) in [7, 11) is 0. The predicted octanol–water partition coefficient (Wildman–Crippen LogP) is 2.97. The van der Waals surface area contributed by atoms with E-state index in [1.54, 1.807) is 0 Å². The van der Waals surface area contributed by atoms with Gasteiger partial charge in [0.15, 0.2) is 5.82 Å². The third-order valence-electron chi connectivity index (χ3n) is 3.37. The van der Waals surface area contributed by atoms with E-state index in [0.29, 0.717) is 37.5 Å². The van der Waals surface area contributed by atoms with Crippen molar-refractivity contribution in [1.82, 2.24) is 15.5 Å². The van der Waals surface area contributed by atoms with Crippen LogP contribution < -0.4 is 11.1 Å². The highest BCUT2D eigenvalue weighted by atomic mass is 16.6. The van der Waals surface area contributed by atoms with E-state index in [4.69, 9.17) is 15.0 Å². The van der Waals surface area contributed by atoms with E-state index in [1.165, 1.54) is 0 Å². The van der Waals surface area contributed by atoms with Crippen LogP contribution in [0.15, 0.2) is 34.9 Å². The molecule has 25 heavy (non-hydrogen) atoms. The third kappa shape index (κ3) is 6.93. The molecule has 0 spiro atoms. The highest BCUT2D eigenvalue weighted by molar-refractivity contribution is 5.67. The van der Waals surface area contributed by atoms with Gasteiger partial charge in [0.2, 0.25) is 5.89 Å². The number of amides is 1. The van der Waals surface area contributed by atoms with E-state index in [0.717, 1.165) is 5.56 Å². The number of carbonyl (C=O) groups excluding carboxylic acids is 1. The lowest BCUT2D eigenvalue weighted by atomic mass is 10.1. The summed E-state index contributed by atoms with van der Waals surface area (Å²) in [6.45, 7) is 5.95. The topological polar surface area (TPSA) is 103 Å². The Balaban J connectivity index is 1.72. The van der Waals surface area contributed by atoms with Crippen LogP contribution in [0, 0.1) is 0 Å². The molecule has 0 aliphatic carbocycles. The molecular formula is C18H26N4O3. The smallest absolute Gasteiger partial charge is 0.407 e. The largest absolute Gasteiger partial charge is 0.444 e. The second kappa shape index (κ2) is 8.62. The van der Waals surface area contributed by atoms with E-state index in [9.17, 15) is 4.79 Å². The molecule has 1 aromatic carbocycles. The van der Waals surface area contributed by atoms with Gasteiger partial charge in [-0.3, -0.25) is 0 Å². The van der Waals surface area contributed by atoms with Crippen LogP contribution in [0.5, 0.6) is 0 Å². The van der Waals surface area contributed by atoms with Crippen molar-refractivity contribution in [2.75, 3.05) is 6.54 Å². The molecule has 0 radical (unpaired) electrons. The normalized spacial score (nSPS) is 12.6. The van der Waals surface area contributed by atoms with E-state index in [1.807, 2.05) is 51.1 Å². The Bertz CT molecular complexity index is 664. The second-order valence-corrected chi connectivity index (χ2v) is 6.89. The molecule has 7 heteroatoms. The van der Waals surface area contributed by atoms with Gasteiger partial charge in [0.25, 0.3) is 0 Å². The lowest BCUT2D eigenvalue weighted by molar-refractivity contribution is 0.0526. The maximum atomic E-state index is 11.5. The maximum absolute atomic E-state index is 11.5. The Morgan fingerprint density at radius 3 is 2.72 bits per heavy atom. The van der Waals surface area contributed by atoms with Crippen molar-refractivity contribution in [2.24, 2.45) is 5.73 Å². The van der Waals surface area contributed by atoms with Gasteiger partial charge in [-0.15, -0.1) is 0 Å². The van der Waals surface area contributed by atoms with Crippen LogP contribution in [0.1, 0.15) is 56.9 Å². The summed E-state index contributed by atoms with van der Waals surface area (Å²) in [6, 6.07) is 9.58. The average molecular weight is 346 g/mol. The van der Waals surface area contributed by atoms with Crippen molar-refractivity contribution in [3.8, 4) is 0 Å². The van der Waals surface area contributed by atoms with Gasteiger partial charge in [0.05, 0.1) is 6.04 Å². The standard InChI is InChI=1S/C18H26N4O3/c1-18(2,3)24-17(23)20-11-7-10-14(19)16-21-15(22-25-16)12-13-8-5-4-6-9-13/h4-6,8-9,14H,7,10-12,19H2,1-3H3,(H,20,23). The summed E-state index contributed by atoms with van der Waals surface area (Å²) >= 11 is 0. The summed E-state index contributed by atoms with van der Waals surface area (Å²) in [5.41, 5.74) is 6.70. The van der Waals surface area contributed by atoms with E-state index in [2.05, 4.69) is 15.5 Å². The highest BCUT2D eigenvalue weighted by Crippen LogP contribution is 2.15. The van der Waals surface area contributed by atoms with E-state index in [-0.39, 0.29) is 6.04 Å². The minimum absolute atomic E-state index is 0.350. The highest BCUT2D eigenvalue weighted by Gasteiger charge is 2.17. The van der Waals surface area contributed by atoms with Gasteiger partial charge in [0, 0.05) is 13.0 Å². The molecule has 1 amide bonds. The molecule has 1 aromatic heterocycles. The zero-order valence-electron chi connectivity index (χ0n) is 15.0. The van der Waals surface area contributed by atoms with Gasteiger partial charge < -0.3 is 20.3 Å². The number of rotatable bonds is 7. The van der Waals surface area contributed by atoms with Crippen LogP contribution in [-0.4, -0.2) is 28.4 Å². The number of nitrogens with one attached hydrogen (secondary N) is 1. The zero-order valence-corrected chi connectivity index (χ0v) is 15.0. The van der Waals surface area contributed by atoms with Crippen molar-refractivity contribution in [3.05, 3.63) is 47.6 Å². The third-order valence-corrected chi connectivity index (χ3v) is 3.37. The first kappa shape index (κ1) is 18.9. The summed E-state index contributed by atoms with van der Waals surface area (Å²) in [5.74, 6) is 1.03. The minimum atomic E-state index is -0.501. The van der Waals surface area contributed by atoms with E-state index < -0.39 is 11.7 Å². The fourth-order valence-corrected chi connectivity index (χ4v) is 2.22. The molecule has 1 heterocycles. The van der Waals surface area contributed by atoms with Crippen molar-refractivity contribution in [2.45, 2.75) is 51.7 Å². The first-order chi connectivity index (χ1) is 11.8. The van der Waals surface area contributed by atoms with Crippen molar-refractivity contribution in [1.29, 1.82) is 0 Å². The number of alkyl carbamates (subject to hydrolysis) is 1. The SMILES string of the molecule is CC(C)(C)OC(=O)NCCCC(N)c1nc(Cc2ccccc2)no1. The lowest BCUT2D eigenvalue weighted by Gasteiger charge is -2.19. The summed E-state index contributed by atoms with van der Waals surface area (Å²) in [5, 5.41) is 6.67. The molecule has 7 nitrogen and oxygen atoms in total. The predicted molar refractivity (Wildman–Crippen MR) is 93.9 cm³/mol. The fraction of sp³-hybridized carbons (Fsp3) is 0.500. The molecule has 1 unspecified atom stereocenters. The molecule has 3 N–H and O–H groups in total. The number of nitrogens with zero attached hydrogens (tertiary/aromatic N) is 2. The fourth-order valence-electron chi connectivity index (χ4n) is 2.22. The van der Waals surface area contributed by atoms with Gasteiger partial charge in [-0.1, -0.05) is 35.5 Å². The van der Waals surface area contributed by atoms with Gasteiger partial charge in [-0.05, 0) is 39.2 Å². The van der Waals surface area contributed by atoms with Gasteiger partial charge in [-0.2, -0.15) is 4.98 Å². The Kier molecular flexibility index (Phi) is 6.52. The molecule has 0 saturated carbocycles. The number of aromatic nitrogens is 2. The van der Waals surface area contributed by atoms with Crippen molar-refractivity contribution >= 4 is 6.09 Å². The molecule has 0 aliphatic heterocycles. The first-order valence-corrected chi connectivity index (χ1v) is 8.42. The average Bonchev–Trinajstić information content (AvgIpc) is 2.99. The minimum Gasteiger partial charge on any atom is -0.444 e. The van der Waals surface area contributed by atoms with E-state index >= 15 is 0 Å². The van der Waals surface area contributed by atoms with Crippen LogP contribution in [0.3, 0.4) is 0 Å². The monoisotopic (exact) mass is 346 g/mol. The van der Waals surface area contributed by atoms with Crippen LogP contribution in [0.25, 0.3) is 0 Å². The summed E-state index contributed by atoms with van der Waals surface area (Å²) in [6.07, 6.45) is 1.50. The molecule has 0 saturated heterocycles. The quantitative estimate of drug-likeness (QED) is 0.747. The van der Waals surface area contributed by atoms with Crippen molar-refractivity contribution in [3.63, 3.8) is 0 Å². The first-order valence-electron chi connectivity index (χ1n) is 8.42. The molecular weight excluding hydrogens is 320 g/mol. The van der Waals surface area contributed by atoms with Crippen LogP contribution in [0.2, 0.25) is 0 Å². The molecule has 136 valence electrons. The maximum Gasteiger partial charge on any atom is 0.407 e. The zero-order chi connectivity index (χ0) is 18.3. The Morgan fingerprint density at radius 1 is 1.32 bits per heavy atom. The van der Waals surface area contributed by atoms with Crippen LogP contribution >= 0.6 is 0 Å². The summed E-state index contributed by atoms with van der Waals surface area (Å²) < 4.78 is 10.4. The van der Waals surface area contributed by atoms with Crippen LogP contribution in [-0.2, 0) is 11.2 Å². The molecule has 2 aromatic rings. The Hall–Kier alpha value is -2.41. The van der Waals surface area contributed by atoms with Gasteiger partial charge in [0.1, 0.15) is 5.60 Å². The molecule has 0 bridgehead atoms. The molecule has 0 aliphatic rings. The Labute approximate surface area is 147 Å². The lowest BCUT2D eigenvalue weighted by Crippen LogP contribution is -2.33. The molecule has 1 atom stereocenters. The van der Waals surface area contributed by atoms with Gasteiger partial charge in [-0.25, -0.2) is 4.79 Å². The molecule has 2 rings (SSSR count).